The van der Waals surface area contributed by atoms with Gasteiger partial charge < -0.3 is 10.1 Å². The van der Waals surface area contributed by atoms with Crippen molar-refractivity contribution in [2.45, 2.75) is 0 Å². The van der Waals surface area contributed by atoms with Crippen LogP contribution in [0.15, 0.2) is 72.8 Å². The molecule has 3 aromatic carbocycles. The number of amides is 1. The number of anilines is 2. The molecule has 29 heavy (non-hydrogen) atoms. The van der Waals surface area contributed by atoms with Crippen LogP contribution in [0.25, 0.3) is 11.1 Å². The average Bonchev–Trinajstić information content (AvgIpc) is 2.68. The smallest absolute Gasteiger partial charge is 0.262 e. The Kier molecular flexibility index (Phi) is 6.41. The first-order valence-corrected chi connectivity index (χ1v) is 10.9. The zero-order valence-corrected chi connectivity index (χ0v) is 17.1. The molecule has 0 bridgehead atoms. The van der Waals surface area contributed by atoms with Crippen LogP contribution >= 0.6 is 11.6 Å². The van der Waals surface area contributed by atoms with Crippen LogP contribution in [0, 0.1) is 0 Å². The molecule has 0 aliphatic heterocycles. The zero-order valence-electron chi connectivity index (χ0n) is 15.6. The maximum atomic E-state index is 12.2. The largest absolute Gasteiger partial charge is 0.482 e. The quantitative estimate of drug-likeness (QED) is 0.582. The third-order valence-electron chi connectivity index (χ3n) is 3.89. The number of nitrogens with one attached hydrogen (secondary N) is 2. The highest BCUT2D eigenvalue weighted by Gasteiger charge is 2.12. The maximum Gasteiger partial charge on any atom is 0.262 e. The number of carbonyl (C=O) groups is 1. The van der Waals surface area contributed by atoms with E-state index in [0.29, 0.717) is 16.5 Å². The van der Waals surface area contributed by atoms with Crippen molar-refractivity contribution in [2.75, 3.05) is 22.9 Å². The third-order valence-corrected chi connectivity index (χ3v) is 4.78. The highest BCUT2D eigenvalue weighted by Crippen LogP contribution is 2.30. The summed E-state index contributed by atoms with van der Waals surface area (Å²) in [4.78, 5) is 12.2. The van der Waals surface area contributed by atoms with E-state index in [1.807, 2.05) is 36.4 Å². The molecule has 0 aromatic heterocycles. The molecule has 0 unspecified atom stereocenters. The zero-order chi connectivity index (χ0) is 20.9. The number of para-hydroxylation sites is 2. The van der Waals surface area contributed by atoms with Crippen molar-refractivity contribution in [3.8, 4) is 16.9 Å². The van der Waals surface area contributed by atoms with Gasteiger partial charge in [-0.25, -0.2) is 8.42 Å². The third kappa shape index (κ3) is 5.97. The van der Waals surface area contributed by atoms with E-state index in [0.717, 1.165) is 17.4 Å². The van der Waals surface area contributed by atoms with E-state index in [1.165, 1.54) is 0 Å². The second-order valence-electron chi connectivity index (χ2n) is 6.27. The van der Waals surface area contributed by atoms with E-state index in [1.54, 1.807) is 36.4 Å². The number of ether oxygens (including phenoxy) is 1. The fourth-order valence-corrected chi connectivity index (χ4v) is 3.45. The van der Waals surface area contributed by atoms with Gasteiger partial charge in [-0.15, -0.1) is 0 Å². The Morgan fingerprint density at radius 1 is 0.931 bits per heavy atom. The van der Waals surface area contributed by atoms with Crippen LogP contribution in [0.3, 0.4) is 0 Å². The van der Waals surface area contributed by atoms with Gasteiger partial charge in [-0.2, -0.15) is 0 Å². The Morgan fingerprint density at radius 2 is 1.59 bits per heavy atom. The Bertz CT molecular complexity index is 1120. The average molecular weight is 431 g/mol. The molecular formula is C21H19ClN2O4S. The number of sulfonamides is 1. The predicted molar refractivity (Wildman–Crippen MR) is 116 cm³/mol. The summed E-state index contributed by atoms with van der Waals surface area (Å²) in [6.45, 7) is -0.280. The molecule has 3 aromatic rings. The van der Waals surface area contributed by atoms with Gasteiger partial charge in [0, 0.05) is 0 Å². The first-order valence-electron chi connectivity index (χ1n) is 8.66. The summed E-state index contributed by atoms with van der Waals surface area (Å²) < 4.78 is 30.8. The van der Waals surface area contributed by atoms with Gasteiger partial charge in [0.15, 0.2) is 6.61 Å². The molecule has 0 atom stereocenters. The highest BCUT2D eigenvalue weighted by atomic mass is 35.5. The van der Waals surface area contributed by atoms with Gasteiger partial charge >= 0.3 is 0 Å². The Balaban J connectivity index is 1.65. The molecule has 0 aliphatic rings. The van der Waals surface area contributed by atoms with Gasteiger partial charge in [-0.3, -0.25) is 9.52 Å². The summed E-state index contributed by atoms with van der Waals surface area (Å²) in [5.41, 5.74) is 2.56. The minimum atomic E-state index is -3.47. The van der Waals surface area contributed by atoms with Crippen LogP contribution in [-0.2, 0) is 14.8 Å². The fraction of sp³-hybridized carbons (Fsp3) is 0.0952. The normalized spacial score (nSPS) is 11.0. The molecule has 0 heterocycles. The van der Waals surface area contributed by atoms with Crippen LogP contribution in [0.1, 0.15) is 0 Å². The Morgan fingerprint density at radius 3 is 2.24 bits per heavy atom. The number of halogens is 1. The van der Waals surface area contributed by atoms with Crippen molar-refractivity contribution < 1.29 is 17.9 Å². The summed E-state index contributed by atoms with van der Waals surface area (Å²) in [7, 11) is -3.47. The number of hydrogen-bond donors (Lipinski definition) is 2. The van der Waals surface area contributed by atoms with Crippen molar-refractivity contribution in [1.82, 2.24) is 0 Å². The van der Waals surface area contributed by atoms with E-state index in [4.69, 9.17) is 16.3 Å². The van der Waals surface area contributed by atoms with E-state index in [2.05, 4.69) is 10.0 Å². The summed E-state index contributed by atoms with van der Waals surface area (Å²) in [6, 6.07) is 21.6. The Hall–Kier alpha value is -3.03. The molecule has 0 fully saturated rings. The van der Waals surface area contributed by atoms with E-state index < -0.39 is 15.9 Å². The monoisotopic (exact) mass is 430 g/mol. The lowest BCUT2D eigenvalue weighted by Crippen LogP contribution is -2.21. The topological polar surface area (TPSA) is 84.5 Å². The second-order valence-corrected chi connectivity index (χ2v) is 8.42. The lowest BCUT2D eigenvalue weighted by molar-refractivity contribution is -0.118. The van der Waals surface area contributed by atoms with Crippen molar-refractivity contribution in [3.63, 3.8) is 0 Å². The fourth-order valence-electron chi connectivity index (χ4n) is 2.64. The maximum absolute atomic E-state index is 12.2. The van der Waals surface area contributed by atoms with Gasteiger partial charge in [0.2, 0.25) is 10.0 Å². The first-order chi connectivity index (χ1) is 13.8. The van der Waals surface area contributed by atoms with Crippen LogP contribution in [0.2, 0.25) is 5.02 Å². The molecule has 6 nitrogen and oxygen atoms in total. The molecule has 2 N–H and O–H groups in total. The van der Waals surface area contributed by atoms with Gasteiger partial charge in [0.25, 0.3) is 5.91 Å². The Labute approximate surface area is 174 Å². The SMILES string of the molecule is CS(=O)(=O)Nc1ccccc1NC(=O)COc1ccc(-c2ccccc2)cc1Cl. The lowest BCUT2D eigenvalue weighted by Gasteiger charge is -2.13. The standard InChI is InChI=1S/C21H19ClN2O4S/c1-29(26,27)24-19-10-6-5-9-18(19)23-21(25)14-28-20-12-11-16(13-17(20)22)15-7-3-2-4-8-15/h2-13,24H,14H2,1H3,(H,23,25). The van der Waals surface area contributed by atoms with E-state index in [9.17, 15) is 13.2 Å². The molecule has 0 radical (unpaired) electrons. The summed E-state index contributed by atoms with van der Waals surface area (Å²) in [6.07, 6.45) is 1.04. The number of hydrogen-bond acceptors (Lipinski definition) is 4. The summed E-state index contributed by atoms with van der Waals surface area (Å²) in [5, 5.41) is 3.01. The first kappa shape index (κ1) is 20.7. The van der Waals surface area contributed by atoms with Crippen LogP contribution in [0.4, 0.5) is 11.4 Å². The van der Waals surface area contributed by atoms with Crippen molar-refractivity contribution in [1.29, 1.82) is 0 Å². The van der Waals surface area contributed by atoms with Gasteiger partial charge in [0.05, 0.1) is 22.7 Å². The van der Waals surface area contributed by atoms with E-state index in [-0.39, 0.29) is 12.3 Å². The number of carbonyl (C=O) groups excluding carboxylic acids is 1. The predicted octanol–water partition coefficient (Wildman–Crippen LogP) is 4.40. The van der Waals surface area contributed by atoms with Crippen molar-refractivity contribution in [2.24, 2.45) is 0 Å². The van der Waals surface area contributed by atoms with Crippen LogP contribution in [0.5, 0.6) is 5.75 Å². The minimum Gasteiger partial charge on any atom is -0.482 e. The number of rotatable bonds is 7. The molecule has 0 spiro atoms. The highest BCUT2D eigenvalue weighted by molar-refractivity contribution is 7.92. The molecule has 0 saturated heterocycles. The lowest BCUT2D eigenvalue weighted by atomic mass is 10.1. The molecule has 1 amide bonds. The van der Waals surface area contributed by atoms with Crippen LogP contribution < -0.4 is 14.8 Å². The van der Waals surface area contributed by atoms with E-state index >= 15 is 0 Å². The molecule has 8 heteroatoms. The molecule has 3 rings (SSSR count). The molecular weight excluding hydrogens is 412 g/mol. The number of benzene rings is 3. The second kappa shape index (κ2) is 8.98. The minimum absolute atomic E-state index is 0.272. The van der Waals surface area contributed by atoms with Gasteiger partial charge in [-0.05, 0) is 35.4 Å². The van der Waals surface area contributed by atoms with Crippen molar-refractivity contribution >= 4 is 38.9 Å². The summed E-state index contributed by atoms with van der Waals surface area (Å²) in [5.74, 6) is -0.0694. The molecule has 150 valence electrons. The van der Waals surface area contributed by atoms with Gasteiger partial charge in [0.1, 0.15) is 5.75 Å². The molecule has 0 saturated carbocycles. The van der Waals surface area contributed by atoms with Crippen LogP contribution in [-0.4, -0.2) is 27.2 Å². The van der Waals surface area contributed by atoms with Gasteiger partial charge in [-0.1, -0.05) is 60.1 Å². The molecule has 0 aliphatic carbocycles. The summed E-state index contributed by atoms with van der Waals surface area (Å²) >= 11 is 6.29. The van der Waals surface area contributed by atoms with Crippen molar-refractivity contribution in [3.05, 3.63) is 77.8 Å².